The second-order valence-corrected chi connectivity index (χ2v) is 4.56. The van der Waals surface area contributed by atoms with Gasteiger partial charge >= 0.3 is 0 Å². The van der Waals surface area contributed by atoms with Crippen molar-refractivity contribution in [1.82, 2.24) is 10.9 Å². The van der Waals surface area contributed by atoms with E-state index in [1.807, 2.05) is 42.5 Å². The van der Waals surface area contributed by atoms with Gasteiger partial charge in [-0.3, -0.25) is 10.9 Å². The first-order valence-corrected chi connectivity index (χ1v) is 6.69. The van der Waals surface area contributed by atoms with E-state index in [2.05, 4.69) is 40.1 Å². The maximum absolute atomic E-state index is 4.36. The maximum Gasteiger partial charge on any atom is 0.173 e. The van der Waals surface area contributed by atoms with E-state index in [-0.39, 0.29) is 0 Å². The largest absolute Gasteiger partial charge is 0.257 e. The Balaban J connectivity index is 1.78. The van der Waals surface area contributed by atoms with Crippen molar-refractivity contribution in [2.75, 3.05) is 0 Å². The molecule has 1 aliphatic heterocycles. The van der Waals surface area contributed by atoms with Gasteiger partial charge in [-0.1, -0.05) is 55.5 Å². The highest BCUT2D eigenvalue weighted by molar-refractivity contribution is 6.05. The zero-order chi connectivity index (χ0) is 13.8. The second kappa shape index (κ2) is 5.57. The molecule has 4 nitrogen and oxygen atoms in total. The van der Waals surface area contributed by atoms with E-state index in [1.165, 1.54) is 5.56 Å². The standard InChI is InChI=1S/C16H16N4/c1-2-12-7-6-10-14(11-12)16-19-17-15(18-20-16)13-8-4-3-5-9-13/h3-11H,2H2,1H3,(H,17,18)(H,19,20). The Kier molecular flexibility index (Phi) is 3.46. The molecule has 1 heterocycles. The third kappa shape index (κ3) is 2.54. The smallest absolute Gasteiger partial charge is 0.173 e. The molecule has 0 radical (unpaired) electrons. The Morgan fingerprint density at radius 1 is 0.800 bits per heavy atom. The van der Waals surface area contributed by atoms with Crippen LogP contribution in [0, 0.1) is 0 Å². The van der Waals surface area contributed by atoms with E-state index < -0.39 is 0 Å². The number of hydrogen-bond acceptors (Lipinski definition) is 4. The minimum atomic E-state index is 0.723. The highest BCUT2D eigenvalue weighted by Gasteiger charge is 2.11. The highest BCUT2D eigenvalue weighted by Crippen LogP contribution is 2.08. The molecule has 4 heteroatoms. The SMILES string of the molecule is CCc1cccc(C2=NNC(c3ccccc3)=NN2)c1. The van der Waals surface area contributed by atoms with Gasteiger partial charge in [-0.2, -0.15) is 10.2 Å². The van der Waals surface area contributed by atoms with Crippen molar-refractivity contribution in [3.05, 3.63) is 71.3 Å². The van der Waals surface area contributed by atoms with Gasteiger partial charge in [0.1, 0.15) is 0 Å². The van der Waals surface area contributed by atoms with E-state index in [1.54, 1.807) is 0 Å². The summed E-state index contributed by atoms with van der Waals surface area (Å²) in [4.78, 5) is 0. The first kappa shape index (κ1) is 12.4. The Hall–Kier alpha value is -2.62. The zero-order valence-corrected chi connectivity index (χ0v) is 11.3. The summed E-state index contributed by atoms with van der Waals surface area (Å²) in [5, 5.41) is 8.70. The van der Waals surface area contributed by atoms with Crippen LogP contribution in [-0.2, 0) is 6.42 Å². The lowest BCUT2D eigenvalue weighted by Crippen LogP contribution is -2.34. The number of amidine groups is 2. The third-order valence-corrected chi connectivity index (χ3v) is 3.20. The minimum Gasteiger partial charge on any atom is -0.257 e. The lowest BCUT2D eigenvalue weighted by molar-refractivity contribution is 0.883. The maximum atomic E-state index is 4.36. The summed E-state index contributed by atoms with van der Waals surface area (Å²) in [6, 6.07) is 18.2. The summed E-state index contributed by atoms with van der Waals surface area (Å²) in [5.41, 5.74) is 9.33. The molecule has 0 amide bonds. The summed E-state index contributed by atoms with van der Waals surface area (Å²) in [5.74, 6) is 1.46. The number of benzene rings is 2. The Morgan fingerprint density at radius 3 is 2.10 bits per heavy atom. The number of aryl methyl sites for hydroxylation is 1. The van der Waals surface area contributed by atoms with Crippen molar-refractivity contribution < 1.29 is 0 Å². The average molecular weight is 264 g/mol. The van der Waals surface area contributed by atoms with Gasteiger partial charge in [0.25, 0.3) is 0 Å². The third-order valence-electron chi connectivity index (χ3n) is 3.20. The molecule has 0 atom stereocenters. The Morgan fingerprint density at radius 2 is 1.45 bits per heavy atom. The lowest BCUT2D eigenvalue weighted by atomic mass is 10.1. The van der Waals surface area contributed by atoms with Crippen LogP contribution in [0.2, 0.25) is 0 Å². The molecule has 2 aromatic rings. The van der Waals surface area contributed by atoms with Gasteiger partial charge in [-0.25, -0.2) is 0 Å². The fourth-order valence-corrected chi connectivity index (χ4v) is 2.06. The number of hydrogen-bond donors (Lipinski definition) is 2. The van der Waals surface area contributed by atoms with Crippen LogP contribution in [0.5, 0.6) is 0 Å². The van der Waals surface area contributed by atoms with Gasteiger partial charge in [0.05, 0.1) is 0 Å². The van der Waals surface area contributed by atoms with Crippen LogP contribution < -0.4 is 10.9 Å². The van der Waals surface area contributed by atoms with Crippen molar-refractivity contribution in [2.24, 2.45) is 10.2 Å². The van der Waals surface area contributed by atoms with Crippen molar-refractivity contribution in [1.29, 1.82) is 0 Å². The molecule has 2 N–H and O–H groups in total. The number of hydrazone groups is 2. The molecule has 0 fully saturated rings. The normalized spacial score (nSPS) is 13.8. The fourth-order valence-electron chi connectivity index (χ4n) is 2.06. The van der Waals surface area contributed by atoms with Crippen molar-refractivity contribution in [3.63, 3.8) is 0 Å². The molecule has 0 unspecified atom stereocenters. The van der Waals surface area contributed by atoms with Crippen LogP contribution in [0.1, 0.15) is 23.6 Å². The molecule has 0 aromatic heterocycles. The van der Waals surface area contributed by atoms with Crippen LogP contribution in [-0.4, -0.2) is 11.7 Å². The minimum absolute atomic E-state index is 0.723. The summed E-state index contributed by atoms with van der Waals surface area (Å²) in [6.45, 7) is 2.14. The van der Waals surface area contributed by atoms with E-state index in [0.29, 0.717) is 0 Å². The van der Waals surface area contributed by atoms with Crippen molar-refractivity contribution >= 4 is 11.7 Å². The first-order chi connectivity index (χ1) is 9.86. The Bertz CT molecular complexity index is 659. The van der Waals surface area contributed by atoms with E-state index in [9.17, 15) is 0 Å². The molecule has 0 saturated carbocycles. The van der Waals surface area contributed by atoms with Crippen LogP contribution in [0.15, 0.2) is 64.8 Å². The average Bonchev–Trinajstić information content (AvgIpc) is 2.56. The van der Waals surface area contributed by atoms with Gasteiger partial charge in [0.2, 0.25) is 0 Å². The molecule has 20 heavy (non-hydrogen) atoms. The molecule has 3 rings (SSSR count). The van der Waals surface area contributed by atoms with E-state index in [0.717, 1.165) is 29.2 Å². The zero-order valence-electron chi connectivity index (χ0n) is 11.3. The monoisotopic (exact) mass is 264 g/mol. The van der Waals surface area contributed by atoms with E-state index >= 15 is 0 Å². The highest BCUT2D eigenvalue weighted by atomic mass is 15.5. The van der Waals surface area contributed by atoms with Gasteiger partial charge < -0.3 is 0 Å². The Labute approximate surface area is 118 Å². The van der Waals surface area contributed by atoms with Crippen molar-refractivity contribution in [2.45, 2.75) is 13.3 Å². The molecule has 1 aliphatic rings. The predicted octanol–water partition coefficient (Wildman–Crippen LogP) is 2.47. The summed E-state index contributed by atoms with van der Waals surface area (Å²) in [6.07, 6.45) is 1.01. The lowest BCUT2D eigenvalue weighted by Gasteiger charge is -2.15. The van der Waals surface area contributed by atoms with Gasteiger partial charge in [0, 0.05) is 11.1 Å². The molecule has 0 bridgehead atoms. The molecule has 0 saturated heterocycles. The summed E-state index contributed by atoms with van der Waals surface area (Å²) >= 11 is 0. The first-order valence-electron chi connectivity index (χ1n) is 6.69. The van der Waals surface area contributed by atoms with Crippen LogP contribution in [0.3, 0.4) is 0 Å². The number of rotatable bonds is 3. The van der Waals surface area contributed by atoms with E-state index in [4.69, 9.17) is 0 Å². The fraction of sp³-hybridized carbons (Fsp3) is 0.125. The predicted molar refractivity (Wildman–Crippen MR) is 81.6 cm³/mol. The van der Waals surface area contributed by atoms with Gasteiger partial charge in [-0.05, 0) is 18.1 Å². The quantitative estimate of drug-likeness (QED) is 0.894. The molecular weight excluding hydrogens is 248 g/mol. The molecular formula is C16H16N4. The van der Waals surface area contributed by atoms with Crippen LogP contribution >= 0.6 is 0 Å². The van der Waals surface area contributed by atoms with Crippen LogP contribution in [0.4, 0.5) is 0 Å². The van der Waals surface area contributed by atoms with Gasteiger partial charge in [0.15, 0.2) is 11.7 Å². The van der Waals surface area contributed by atoms with Gasteiger partial charge in [-0.15, -0.1) is 0 Å². The number of nitrogens with zero attached hydrogens (tertiary/aromatic N) is 2. The number of nitrogens with one attached hydrogen (secondary N) is 2. The molecule has 2 aromatic carbocycles. The second-order valence-electron chi connectivity index (χ2n) is 4.56. The summed E-state index contributed by atoms with van der Waals surface area (Å²) < 4.78 is 0. The molecule has 0 spiro atoms. The van der Waals surface area contributed by atoms with Crippen molar-refractivity contribution in [3.8, 4) is 0 Å². The topological polar surface area (TPSA) is 48.8 Å². The van der Waals surface area contributed by atoms with Crippen LogP contribution in [0.25, 0.3) is 0 Å². The molecule has 0 aliphatic carbocycles. The summed E-state index contributed by atoms with van der Waals surface area (Å²) in [7, 11) is 0. The molecule has 100 valence electrons.